The van der Waals surface area contributed by atoms with E-state index < -0.39 is 17.5 Å². The highest BCUT2D eigenvalue weighted by atomic mass is 19.1. The summed E-state index contributed by atoms with van der Waals surface area (Å²) in [5.74, 6) is -2.19. The number of halogens is 3. The molecule has 2 aromatic rings. The zero-order chi connectivity index (χ0) is 13.1. The van der Waals surface area contributed by atoms with Gasteiger partial charge < -0.3 is 10.5 Å². The van der Waals surface area contributed by atoms with Gasteiger partial charge in [0.1, 0.15) is 18.2 Å². The van der Waals surface area contributed by atoms with Crippen LogP contribution in [0.15, 0.2) is 36.4 Å². The Balaban J connectivity index is 2.16. The van der Waals surface area contributed by atoms with Crippen molar-refractivity contribution in [2.24, 2.45) is 0 Å². The SMILES string of the molecule is Nc1cccc(F)c1OCc1ccc(F)cc1F. The van der Waals surface area contributed by atoms with Crippen LogP contribution in [-0.2, 0) is 6.61 Å². The molecule has 0 atom stereocenters. The fourth-order valence-corrected chi connectivity index (χ4v) is 1.47. The van der Waals surface area contributed by atoms with Crippen LogP contribution in [0, 0.1) is 17.5 Å². The van der Waals surface area contributed by atoms with E-state index in [-0.39, 0.29) is 23.6 Å². The van der Waals surface area contributed by atoms with Crippen LogP contribution >= 0.6 is 0 Å². The predicted octanol–water partition coefficient (Wildman–Crippen LogP) is 3.27. The molecule has 0 saturated carbocycles. The van der Waals surface area contributed by atoms with Gasteiger partial charge in [-0.05, 0) is 24.3 Å². The van der Waals surface area contributed by atoms with Crippen LogP contribution in [0.1, 0.15) is 5.56 Å². The molecule has 5 heteroatoms. The van der Waals surface area contributed by atoms with E-state index in [1.807, 2.05) is 0 Å². The van der Waals surface area contributed by atoms with Gasteiger partial charge in [-0.25, -0.2) is 13.2 Å². The maximum Gasteiger partial charge on any atom is 0.178 e. The van der Waals surface area contributed by atoms with E-state index in [9.17, 15) is 13.2 Å². The zero-order valence-electron chi connectivity index (χ0n) is 9.29. The van der Waals surface area contributed by atoms with Crippen molar-refractivity contribution in [1.82, 2.24) is 0 Å². The molecule has 0 spiro atoms. The van der Waals surface area contributed by atoms with Gasteiger partial charge in [0.15, 0.2) is 11.6 Å². The summed E-state index contributed by atoms with van der Waals surface area (Å²) in [7, 11) is 0. The summed E-state index contributed by atoms with van der Waals surface area (Å²) in [6, 6.07) is 7.18. The molecule has 0 aromatic heterocycles. The maximum atomic E-state index is 13.4. The summed E-state index contributed by atoms with van der Waals surface area (Å²) in [5.41, 5.74) is 5.78. The van der Waals surface area contributed by atoms with E-state index in [4.69, 9.17) is 10.5 Å². The number of benzene rings is 2. The van der Waals surface area contributed by atoms with Gasteiger partial charge in [0.2, 0.25) is 0 Å². The zero-order valence-corrected chi connectivity index (χ0v) is 9.29. The normalized spacial score (nSPS) is 10.4. The monoisotopic (exact) mass is 253 g/mol. The molecule has 0 aliphatic rings. The second-order valence-electron chi connectivity index (χ2n) is 3.68. The lowest BCUT2D eigenvalue weighted by atomic mass is 10.2. The average Bonchev–Trinajstić information content (AvgIpc) is 2.31. The molecule has 0 unspecified atom stereocenters. The van der Waals surface area contributed by atoms with Crippen LogP contribution in [0.2, 0.25) is 0 Å². The van der Waals surface area contributed by atoms with Crippen molar-refractivity contribution in [2.75, 3.05) is 5.73 Å². The molecule has 0 fully saturated rings. The number of nitrogens with two attached hydrogens (primary N) is 1. The van der Waals surface area contributed by atoms with Crippen molar-refractivity contribution in [1.29, 1.82) is 0 Å². The third-order valence-corrected chi connectivity index (χ3v) is 2.38. The van der Waals surface area contributed by atoms with Gasteiger partial charge in [-0.2, -0.15) is 0 Å². The van der Waals surface area contributed by atoms with Gasteiger partial charge in [0.05, 0.1) is 5.69 Å². The molecule has 0 amide bonds. The number of nitrogen functional groups attached to an aromatic ring is 1. The Bertz CT molecular complexity index is 552. The van der Waals surface area contributed by atoms with E-state index in [0.29, 0.717) is 0 Å². The third-order valence-electron chi connectivity index (χ3n) is 2.38. The molecule has 0 bridgehead atoms. The Morgan fingerprint density at radius 1 is 1.00 bits per heavy atom. The summed E-state index contributed by atoms with van der Waals surface area (Å²) < 4.78 is 44.5. The van der Waals surface area contributed by atoms with Gasteiger partial charge in [-0.3, -0.25) is 0 Å². The first kappa shape index (κ1) is 12.3. The Morgan fingerprint density at radius 2 is 1.78 bits per heavy atom. The van der Waals surface area contributed by atoms with Crippen LogP contribution in [-0.4, -0.2) is 0 Å². The van der Waals surface area contributed by atoms with E-state index in [0.717, 1.165) is 12.1 Å². The molecule has 2 nitrogen and oxygen atoms in total. The van der Waals surface area contributed by atoms with Gasteiger partial charge in [0.25, 0.3) is 0 Å². The number of para-hydroxylation sites is 1. The standard InChI is InChI=1S/C13H10F3NO/c14-9-5-4-8(11(16)6-9)7-18-13-10(15)2-1-3-12(13)17/h1-6H,7,17H2. The summed E-state index contributed by atoms with van der Waals surface area (Å²) in [5, 5.41) is 0. The molecule has 2 aromatic carbocycles. The molecule has 0 radical (unpaired) electrons. The highest BCUT2D eigenvalue weighted by molar-refractivity contribution is 5.52. The lowest BCUT2D eigenvalue weighted by molar-refractivity contribution is 0.286. The molecule has 0 aliphatic heterocycles. The Hall–Kier alpha value is -2.17. The van der Waals surface area contributed by atoms with E-state index in [1.165, 1.54) is 24.3 Å². The van der Waals surface area contributed by atoms with Crippen LogP contribution in [0.5, 0.6) is 5.75 Å². The predicted molar refractivity (Wildman–Crippen MR) is 61.5 cm³/mol. The molecular formula is C13H10F3NO. The molecule has 2 N–H and O–H groups in total. The van der Waals surface area contributed by atoms with E-state index in [2.05, 4.69) is 0 Å². The smallest absolute Gasteiger partial charge is 0.178 e. The van der Waals surface area contributed by atoms with Crippen molar-refractivity contribution in [3.8, 4) is 5.75 Å². The highest BCUT2D eigenvalue weighted by Crippen LogP contribution is 2.26. The minimum Gasteiger partial charge on any atom is -0.484 e. The van der Waals surface area contributed by atoms with Crippen molar-refractivity contribution in [3.05, 3.63) is 59.4 Å². The molecule has 0 aliphatic carbocycles. The van der Waals surface area contributed by atoms with Crippen LogP contribution in [0.25, 0.3) is 0 Å². The quantitative estimate of drug-likeness (QED) is 0.852. The van der Waals surface area contributed by atoms with E-state index in [1.54, 1.807) is 0 Å². The van der Waals surface area contributed by atoms with Crippen molar-refractivity contribution in [2.45, 2.75) is 6.61 Å². The average molecular weight is 253 g/mol. The number of hydrogen-bond acceptors (Lipinski definition) is 2. The first-order chi connectivity index (χ1) is 8.58. The lowest BCUT2D eigenvalue weighted by Crippen LogP contribution is -2.03. The largest absolute Gasteiger partial charge is 0.484 e. The second kappa shape index (κ2) is 5.00. The molecule has 18 heavy (non-hydrogen) atoms. The van der Waals surface area contributed by atoms with Gasteiger partial charge >= 0.3 is 0 Å². The molecule has 0 heterocycles. The Labute approximate surface area is 102 Å². The summed E-state index contributed by atoms with van der Waals surface area (Å²) in [6.45, 7) is -0.225. The van der Waals surface area contributed by atoms with Crippen LogP contribution < -0.4 is 10.5 Å². The number of hydrogen-bond donors (Lipinski definition) is 1. The van der Waals surface area contributed by atoms with Gasteiger partial charge in [-0.1, -0.05) is 6.07 Å². The fraction of sp³-hybridized carbons (Fsp3) is 0.0769. The summed E-state index contributed by atoms with van der Waals surface area (Å²) in [4.78, 5) is 0. The lowest BCUT2D eigenvalue weighted by Gasteiger charge is -2.10. The number of anilines is 1. The van der Waals surface area contributed by atoms with Crippen molar-refractivity contribution < 1.29 is 17.9 Å². The first-order valence-electron chi connectivity index (χ1n) is 5.18. The van der Waals surface area contributed by atoms with Crippen LogP contribution in [0.3, 0.4) is 0 Å². The topological polar surface area (TPSA) is 35.2 Å². The summed E-state index contributed by atoms with van der Waals surface area (Å²) in [6.07, 6.45) is 0. The molecule has 94 valence electrons. The highest BCUT2D eigenvalue weighted by Gasteiger charge is 2.09. The minimum atomic E-state index is -0.745. The molecule has 2 rings (SSSR count). The van der Waals surface area contributed by atoms with Crippen LogP contribution in [0.4, 0.5) is 18.9 Å². The Kier molecular flexibility index (Phi) is 3.41. The van der Waals surface area contributed by atoms with Gasteiger partial charge in [-0.15, -0.1) is 0 Å². The minimum absolute atomic E-state index is 0.123. The van der Waals surface area contributed by atoms with Gasteiger partial charge in [0, 0.05) is 11.6 Å². The summed E-state index contributed by atoms with van der Waals surface area (Å²) >= 11 is 0. The molecule has 0 saturated heterocycles. The van der Waals surface area contributed by atoms with E-state index >= 15 is 0 Å². The molecular weight excluding hydrogens is 243 g/mol. The van der Waals surface area contributed by atoms with Crippen molar-refractivity contribution >= 4 is 5.69 Å². The number of ether oxygens (including phenoxy) is 1. The van der Waals surface area contributed by atoms with Crippen molar-refractivity contribution in [3.63, 3.8) is 0 Å². The third kappa shape index (κ3) is 2.56. The number of rotatable bonds is 3. The first-order valence-corrected chi connectivity index (χ1v) is 5.18. The fourth-order valence-electron chi connectivity index (χ4n) is 1.47. The second-order valence-corrected chi connectivity index (χ2v) is 3.68. The maximum absolute atomic E-state index is 13.4. The Morgan fingerprint density at radius 3 is 2.44 bits per heavy atom.